The molecular weight excluding hydrogens is 258 g/mol. The first-order valence-electron chi connectivity index (χ1n) is 6.61. The predicted octanol–water partition coefficient (Wildman–Crippen LogP) is 2.31. The van der Waals surface area contributed by atoms with E-state index in [1.54, 1.807) is 19.1 Å². The highest BCUT2D eigenvalue weighted by Crippen LogP contribution is 2.13. The second-order valence-corrected chi connectivity index (χ2v) is 5.05. The van der Waals surface area contributed by atoms with Crippen molar-refractivity contribution in [2.45, 2.75) is 33.3 Å². The topological polar surface area (TPSA) is 75.6 Å². The van der Waals surface area contributed by atoms with E-state index in [0.29, 0.717) is 12.1 Å². The van der Waals surface area contributed by atoms with Gasteiger partial charge in [0.1, 0.15) is 6.61 Å². The molecule has 5 nitrogen and oxygen atoms in total. The smallest absolute Gasteiger partial charge is 0.306 e. The molecule has 1 aromatic carbocycles. The van der Waals surface area contributed by atoms with E-state index in [4.69, 9.17) is 9.84 Å². The Morgan fingerprint density at radius 3 is 2.30 bits per heavy atom. The molecule has 0 saturated carbocycles. The third-order valence-corrected chi connectivity index (χ3v) is 2.75. The van der Waals surface area contributed by atoms with Gasteiger partial charge in [-0.1, -0.05) is 19.1 Å². The number of rotatable bonds is 7. The molecule has 0 aromatic heterocycles. The van der Waals surface area contributed by atoms with Gasteiger partial charge >= 0.3 is 5.97 Å². The second kappa shape index (κ2) is 7.65. The van der Waals surface area contributed by atoms with Crippen molar-refractivity contribution in [3.05, 3.63) is 29.8 Å². The maximum atomic E-state index is 11.6. The zero-order valence-corrected chi connectivity index (χ0v) is 12.1. The Bertz CT molecular complexity index is 453. The molecular formula is C15H21NO4. The maximum absolute atomic E-state index is 11.6. The number of hydrogen-bond donors (Lipinski definition) is 2. The van der Waals surface area contributed by atoms with Crippen molar-refractivity contribution in [1.82, 2.24) is 0 Å². The van der Waals surface area contributed by atoms with Gasteiger partial charge < -0.3 is 15.2 Å². The molecule has 0 fully saturated rings. The van der Waals surface area contributed by atoms with Gasteiger partial charge in [-0.05, 0) is 38.0 Å². The molecule has 0 heterocycles. The molecule has 0 aliphatic rings. The molecule has 2 N–H and O–H groups in total. The van der Waals surface area contributed by atoms with E-state index >= 15 is 0 Å². The van der Waals surface area contributed by atoms with Crippen LogP contribution >= 0.6 is 0 Å². The molecule has 0 radical (unpaired) electrons. The van der Waals surface area contributed by atoms with Crippen LogP contribution in [0.5, 0.6) is 0 Å². The molecule has 0 spiro atoms. The van der Waals surface area contributed by atoms with Crippen LogP contribution in [0.1, 0.15) is 26.3 Å². The Labute approximate surface area is 118 Å². The quantitative estimate of drug-likeness (QED) is 0.803. The standard InChI is InChI=1S/C15H21NO4/c1-10(2)20-9-14(17)16-13-6-4-12(5-7-13)8-11(3)15(18)19/h4-7,10-11H,8-9H2,1-3H3,(H,16,17)(H,18,19). The van der Waals surface area contributed by atoms with Crippen LogP contribution in [-0.4, -0.2) is 29.7 Å². The van der Waals surface area contributed by atoms with Gasteiger partial charge in [0.25, 0.3) is 0 Å². The van der Waals surface area contributed by atoms with Crippen molar-refractivity contribution in [1.29, 1.82) is 0 Å². The van der Waals surface area contributed by atoms with Gasteiger partial charge in [-0.15, -0.1) is 0 Å². The van der Waals surface area contributed by atoms with Crippen molar-refractivity contribution in [2.24, 2.45) is 5.92 Å². The average Bonchev–Trinajstić information content (AvgIpc) is 2.38. The van der Waals surface area contributed by atoms with Crippen LogP contribution < -0.4 is 5.32 Å². The van der Waals surface area contributed by atoms with Crippen molar-refractivity contribution in [3.8, 4) is 0 Å². The summed E-state index contributed by atoms with van der Waals surface area (Å²) in [7, 11) is 0. The molecule has 5 heteroatoms. The Kier molecular flexibility index (Phi) is 6.18. The van der Waals surface area contributed by atoms with E-state index in [9.17, 15) is 9.59 Å². The Balaban J connectivity index is 2.50. The summed E-state index contributed by atoms with van der Waals surface area (Å²) in [6.07, 6.45) is 0.487. The molecule has 0 aliphatic carbocycles. The Hall–Kier alpha value is -1.88. The maximum Gasteiger partial charge on any atom is 0.306 e. The number of carboxylic acids is 1. The fourth-order valence-electron chi connectivity index (χ4n) is 1.60. The van der Waals surface area contributed by atoms with Crippen LogP contribution in [-0.2, 0) is 20.7 Å². The number of nitrogens with one attached hydrogen (secondary N) is 1. The number of carbonyl (C=O) groups excluding carboxylic acids is 1. The minimum atomic E-state index is -0.812. The normalized spacial score (nSPS) is 12.2. The third kappa shape index (κ3) is 5.84. The minimum absolute atomic E-state index is 0.0145. The fourth-order valence-corrected chi connectivity index (χ4v) is 1.60. The van der Waals surface area contributed by atoms with E-state index in [0.717, 1.165) is 5.56 Å². The first-order chi connectivity index (χ1) is 9.38. The molecule has 1 unspecified atom stereocenters. The minimum Gasteiger partial charge on any atom is -0.481 e. The summed E-state index contributed by atoms with van der Waals surface area (Å²) in [5, 5.41) is 11.6. The van der Waals surface area contributed by atoms with Gasteiger partial charge in [-0.2, -0.15) is 0 Å². The molecule has 1 rings (SSSR count). The summed E-state index contributed by atoms with van der Waals surface area (Å²) in [5.74, 6) is -1.44. The zero-order valence-electron chi connectivity index (χ0n) is 12.1. The molecule has 0 aliphatic heterocycles. The molecule has 110 valence electrons. The molecule has 1 amide bonds. The van der Waals surface area contributed by atoms with Crippen LogP contribution in [0.25, 0.3) is 0 Å². The van der Waals surface area contributed by atoms with E-state index < -0.39 is 11.9 Å². The number of carboxylic acid groups (broad SMARTS) is 1. The van der Waals surface area contributed by atoms with E-state index in [-0.39, 0.29) is 18.6 Å². The highest BCUT2D eigenvalue weighted by molar-refractivity contribution is 5.91. The fraction of sp³-hybridized carbons (Fsp3) is 0.467. The Morgan fingerprint density at radius 1 is 1.20 bits per heavy atom. The number of hydrogen-bond acceptors (Lipinski definition) is 3. The van der Waals surface area contributed by atoms with Crippen LogP contribution in [0.3, 0.4) is 0 Å². The number of anilines is 1. The van der Waals surface area contributed by atoms with Crippen LogP contribution in [0.2, 0.25) is 0 Å². The van der Waals surface area contributed by atoms with Crippen molar-refractivity contribution < 1.29 is 19.4 Å². The van der Waals surface area contributed by atoms with Gasteiger partial charge in [0.05, 0.1) is 12.0 Å². The lowest BCUT2D eigenvalue weighted by molar-refractivity contribution is -0.141. The third-order valence-electron chi connectivity index (χ3n) is 2.75. The summed E-state index contributed by atoms with van der Waals surface area (Å²) in [5.41, 5.74) is 1.60. The number of ether oxygens (including phenoxy) is 1. The van der Waals surface area contributed by atoms with Crippen molar-refractivity contribution >= 4 is 17.6 Å². The largest absolute Gasteiger partial charge is 0.481 e. The summed E-state index contributed by atoms with van der Waals surface area (Å²) in [6, 6.07) is 7.16. The summed E-state index contributed by atoms with van der Waals surface area (Å²) in [6.45, 7) is 5.42. The van der Waals surface area contributed by atoms with Gasteiger partial charge in [0, 0.05) is 5.69 Å². The lowest BCUT2D eigenvalue weighted by Gasteiger charge is -2.10. The van der Waals surface area contributed by atoms with E-state index in [1.165, 1.54) is 0 Å². The summed E-state index contributed by atoms with van der Waals surface area (Å²) >= 11 is 0. The van der Waals surface area contributed by atoms with Crippen molar-refractivity contribution in [3.63, 3.8) is 0 Å². The van der Waals surface area contributed by atoms with Crippen LogP contribution in [0.15, 0.2) is 24.3 Å². The second-order valence-electron chi connectivity index (χ2n) is 5.05. The van der Waals surface area contributed by atoms with Crippen LogP contribution in [0.4, 0.5) is 5.69 Å². The van der Waals surface area contributed by atoms with Gasteiger partial charge in [-0.3, -0.25) is 9.59 Å². The predicted molar refractivity (Wildman–Crippen MR) is 76.7 cm³/mol. The lowest BCUT2D eigenvalue weighted by atomic mass is 10.0. The number of amides is 1. The van der Waals surface area contributed by atoms with Gasteiger partial charge in [0.15, 0.2) is 0 Å². The highest BCUT2D eigenvalue weighted by atomic mass is 16.5. The van der Waals surface area contributed by atoms with Gasteiger partial charge in [-0.25, -0.2) is 0 Å². The van der Waals surface area contributed by atoms with E-state index in [2.05, 4.69) is 5.32 Å². The SMILES string of the molecule is CC(C)OCC(=O)Nc1ccc(CC(C)C(=O)O)cc1. The van der Waals surface area contributed by atoms with E-state index in [1.807, 2.05) is 26.0 Å². The molecule has 1 aromatic rings. The zero-order chi connectivity index (χ0) is 15.1. The molecule has 1 atom stereocenters. The first kappa shape index (κ1) is 16.2. The molecule has 0 bridgehead atoms. The average molecular weight is 279 g/mol. The molecule has 0 saturated heterocycles. The summed E-state index contributed by atoms with van der Waals surface area (Å²) < 4.78 is 5.20. The monoisotopic (exact) mass is 279 g/mol. The first-order valence-corrected chi connectivity index (χ1v) is 6.61. The highest BCUT2D eigenvalue weighted by Gasteiger charge is 2.11. The number of aliphatic carboxylic acids is 1. The Morgan fingerprint density at radius 2 is 1.80 bits per heavy atom. The van der Waals surface area contributed by atoms with Crippen LogP contribution in [0, 0.1) is 5.92 Å². The lowest BCUT2D eigenvalue weighted by Crippen LogP contribution is -2.20. The number of carbonyl (C=O) groups is 2. The van der Waals surface area contributed by atoms with Gasteiger partial charge in [0.2, 0.25) is 5.91 Å². The van der Waals surface area contributed by atoms with Crippen molar-refractivity contribution in [2.75, 3.05) is 11.9 Å². The number of benzene rings is 1. The summed E-state index contributed by atoms with van der Waals surface area (Å²) in [4.78, 5) is 22.3. The molecule has 20 heavy (non-hydrogen) atoms.